The van der Waals surface area contributed by atoms with Crippen LogP contribution in [0.1, 0.15) is 36.8 Å². The Balaban J connectivity index is 2.03. The Labute approximate surface area is 125 Å². The highest BCUT2D eigenvalue weighted by Crippen LogP contribution is 2.23. The Morgan fingerprint density at radius 2 is 2.14 bits per heavy atom. The van der Waals surface area contributed by atoms with Crippen molar-refractivity contribution >= 4 is 5.71 Å². The summed E-state index contributed by atoms with van der Waals surface area (Å²) in [6.07, 6.45) is 4.15. The second-order valence-electron chi connectivity index (χ2n) is 5.46. The molecule has 0 bridgehead atoms. The van der Waals surface area contributed by atoms with Crippen LogP contribution in [0, 0.1) is 5.92 Å². The molecular weight excluding hydrogens is 268 g/mol. The van der Waals surface area contributed by atoms with Crippen LogP contribution in [0.4, 0.5) is 0 Å². The molecular formula is C16H24N2O3. The van der Waals surface area contributed by atoms with Gasteiger partial charge in [-0.2, -0.15) is 0 Å². The Kier molecular flexibility index (Phi) is 6.02. The molecule has 0 saturated carbocycles. The summed E-state index contributed by atoms with van der Waals surface area (Å²) in [6.45, 7) is 2.06. The van der Waals surface area contributed by atoms with Gasteiger partial charge in [-0.25, -0.2) is 0 Å². The van der Waals surface area contributed by atoms with Crippen molar-refractivity contribution in [3.05, 3.63) is 29.3 Å². The van der Waals surface area contributed by atoms with E-state index in [4.69, 9.17) is 4.74 Å². The van der Waals surface area contributed by atoms with Crippen molar-refractivity contribution in [2.24, 2.45) is 11.1 Å². The molecule has 1 aliphatic rings. The molecule has 21 heavy (non-hydrogen) atoms. The minimum Gasteiger partial charge on any atom is -0.496 e. The van der Waals surface area contributed by atoms with Gasteiger partial charge in [-0.05, 0) is 68.5 Å². The van der Waals surface area contributed by atoms with Gasteiger partial charge in [-0.3, -0.25) is 0 Å². The summed E-state index contributed by atoms with van der Waals surface area (Å²) < 4.78 is 5.19. The summed E-state index contributed by atoms with van der Waals surface area (Å²) in [7, 11) is 1.58. The van der Waals surface area contributed by atoms with Crippen LogP contribution in [0.5, 0.6) is 5.75 Å². The number of methoxy groups -OCH3 is 1. The van der Waals surface area contributed by atoms with Crippen LogP contribution in [-0.2, 0) is 6.61 Å². The van der Waals surface area contributed by atoms with Gasteiger partial charge < -0.3 is 20.4 Å². The molecule has 3 N–H and O–H groups in total. The van der Waals surface area contributed by atoms with E-state index in [1.54, 1.807) is 13.2 Å². The highest BCUT2D eigenvalue weighted by molar-refractivity contribution is 6.00. The third kappa shape index (κ3) is 4.19. The number of aliphatic hydroxyl groups is 1. The van der Waals surface area contributed by atoms with E-state index in [-0.39, 0.29) is 6.61 Å². The number of ether oxygens (including phenoxy) is 1. The molecule has 0 aromatic heterocycles. The minimum atomic E-state index is -0.0932. The first kappa shape index (κ1) is 15.8. The maximum absolute atomic E-state index is 9.37. The predicted molar refractivity (Wildman–Crippen MR) is 82.1 cm³/mol. The fourth-order valence-corrected chi connectivity index (χ4v) is 2.84. The fraction of sp³-hybridized carbons (Fsp3) is 0.562. The fourth-order valence-electron chi connectivity index (χ4n) is 2.84. The number of hydrogen-bond donors (Lipinski definition) is 3. The first-order valence-corrected chi connectivity index (χ1v) is 7.48. The molecule has 0 radical (unpaired) electrons. The van der Waals surface area contributed by atoms with Gasteiger partial charge in [0.2, 0.25) is 0 Å². The van der Waals surface area contributed by atoms with Crippen LogP contribution >= 0.6 is 0 Å². The average Bonchev–Trinajstić information content (AvgIpc) is 2.56. The number of oxime groups is 1. The van der Waals surface area contributed by atoms with E-state index < -0.39 is 0 Å². The Morgan fingerprint density at radius 1 is 1.38 bits per heavy atom. The van der Waals surface area contributed by atoms with Crippen molar-refractivity contribution in [2.45, 2.75) is 32.3 Å². The molecule has 0 spiro atoms. The quantitative estimate of drug-likeness (QED) is 0.427. The van der Waals surface area contributed by atoms with Crippen molar-refractivity contribution in [2.75, 3.05) is 20.2 Å². The zero-order valence-corrected chi connectivity index (χ0v) is 12.5. The molecule has 1 aliphatic heterocycles. The summed E-state index contributed by atoms with van der Waals surface area (Å²) in [5, 5.41) is 25.5. The summed E-state index contributed by atoms with van der Waals surface area (Å²) in [6, 6.07) is 5.50. The van der Waals surface area contributed by atoms with Crippen LogP contribution < -0.4 is 10.1 Å². The molecule has 0 amide bonds. The van der Waals surface area contributed by atoms with E-state index >= 15 is 0 Å². The van der Waals surface area contributed by atoms with Gasteiger partial charge in [0, 0.05) is 5.56 Å². The first-order valence-electron chi connectivity index (χ1n) is 7.48. The standard InChI is InChI=1S/C16H24N2O3/c1-21-16-5-3-13(10-14(16)11-19)15(18-20)4-2-12-6-8-17-9-7-12/h3,5,10,12,17,19-20H,2,4,6-9,11H2,1H3/b18-15-. The van der Waals surface area contributed by atoms with Gasteiger partial charge in [0.25, 0.3) is 0 Å². The number of hydrogen-bond acceptors (Lipinski definition) is 5. The van der Waals surface area contributed by atoms with Crippen molar-refractivity contribution < 1.29 is 15.1 Å². The van der Waals surface area contributed by atoms with E-state index in [9.17, 15) is 10.3 Å². The van der Waals surface area contributed by atoms with E-state index in [1.807, 2.05) is 12.1 Å². The van der Waals surface area contributed by atoms with Crippen LogP contribution in [0.25, 0.3) is 0 Å². The maximum atomic E-state index is 9.37. The Morgan fingerprint density at radius 3 is 2.76 bits per heavy atom. The Hall–Kier alpha value is -1.59. The normalized spacial score (nSPS) is 17.0. The van der Waals surface area contributed by atoms with Crippen molar-refractivity contribution in [3.63, 3.8) is 0 Å². The van der Waals surface area contributed by atoms with Crippen LogP contribution in [0.2, 0.25) is 0 Å². The van der Waals surface area contributed by atoms with Crippen LogP contribution in [-0.4, -0.2) is 36.2 Å². The molecule has 1 heterocycles. The maximum Gasteiger partial charge on any atom is 0.124 e. The molecule has 0 aliphatic carbocycles. The van der Waals surface area contributed by atoms with E-state index in [0.717, 1.165) is 31.5 Å². The van der Waals surface area contributed by atoms with E-state index in [2.05, 4.69) is 10.5 Å². The van der Waals surface area contributed by atoms with E-state index in [1.165, 1.54) is 12.8 Å². The number of rotatable bonds is 6. The SMILES string of the molecule is COc1ccc(/C(CCC2CCNCC2)=N\O)cc1CO. The third-order valence-corrected chi connectivity index (χ3v) is 4.15. The van der Waals surface area contributed by atoms with Gasteiger partial charge in [0.1, 0.15) is 5.75 Å². The number of nitrogens with zero attached hydrogens (tertiary/aromatic N) is 1. The molecule has 5 nitrogen and oxygen atoms in total. The van der Waals surface area contributed by atoms with Gasteiger partial charge in [0.15, 0.2) is 0 Å². The largest absolute Gasteiger partial charge is 0.496 e. The summed E-state index contributed by atoms with van der Waals surface area (Å²) in [5.41, 5.74) is 2.22. The third-order valence-electron chi connectivity index (χ3n) is 4.15. The number of piperidine rings is 1. The summed E-state index contributed by atoms with van der Waals surface area (Å²) in [5.74, 6) is 1.34. The molecule has 0 unspecified atom stereocenters. The number of nitrogens with one attached hydrogen (secondary N) is 1. The Bertz CT molecular complexity index is 482. The van der Waals surface area contributed by atoms with Gasteiger partial charge in [-0.1, -0.05) is 5.16 Å². The lowest BCUT2D eigenvalue weighted by Gasteiger charge is -2.22. The zero-order chi connectivity index (χ0) is 15.1. The van der Waals surface area contributed by atoms with Crippen molar-refractivity contribution in [1.29, 1.82) is 0 Å². The van der Waals surface area contributed by atoms with Crippen LogP contribution in [0.15, 0.2) is 23.4 Å². The lowest BCUT2D eigenvalue weighted by Crippen LogP contribution is -2.28. The topological polar surface area (TPSA) is 74.1 Å². The highest BCUT2D eigenvalue weighted by atomic mass is 16.5. The van der Waals surface area contributed by atoms with Gasteiger partial charge in [-0.15, -0.1) is 0 Å². The second-order valence-corrected chi connectivity index (χ2v) is 5.46. The first-order chi connectivity index (χ1) is 10.3. The van der Waals surface area contributed by atoms with E-state index in [0.29, 0.717) is 22.9 Å². The minimum absolute atomic E-state index is 0.0932. The molecule has 1 saturated heterocycles. The lowest BCUT2D eigenvalue weighted by atomic mass is 9.90. The average molecular weight is 292 g/mol. The molecule has 1 aromatic rings. The van der Waals surface area contributed by atoms with Crippen LogP contribution in [0.3, 0.4) is 0 Å². The molecule has 2 rings (SSSR count). The highest BCUT2D eigenvalue weighted by Gasteiger charge is 2.15. The molecule has 1 aromatic carbocycles. The monoisotopic (exact) mass is 292 g/mol. The molecule has 5 heteroatoms. The van der Waals surface area contributed by atoms with Gasteiger partial charge >= 0.3 is 0 Å². The predicted octanol–water partition coefficient (Wildman–Crippen LogP) is 2.15. The number of benzene rings is 1. The zero-order valence-electron chi connectivity index (χ0n) is 12.5. The van der Waals surface area contributed by atoms with Crippen molar-refractivity contribution in [1.82, 2.24) is 5.32 Å². The molecule has 116 valence electrons. The molecule has 1 fully saturated rings. The number of aliphatic hydroxyl groups excluding tert-OH is 1. The summed E-state index contributed by atoms with van der Waals surface area (Å²) >= 11 is 0. The smallest absolute Gasteiger partial charge is 0.124 e. The second kappa shape index (κ2) is 8.00. The van der Waals surface area contributed by atoms with Gasteiger partial charge in [0.05, 0.1) is 19.4 Å². The van der Waals surface area contributed by atoms with Crippen molar-refractivity contribution in [3.8, 4) is 5.75 Å². The summed E-state index contributed by atoms with van der Waals surface area (Å²) in [4.78, 5) is 0. The lowest BCUT2D eigenvalue weighted by molar-refractivity contribution is 0.273. The molecule has 0 atom stereocenters.